The average Bonchev–Trinajstić information content (AvgIpc) is 3.28. The fourth-order valence-corrected chi connectivity index (χ4v) is 5.70. The van der Waals surface area contributed by atoms with Gasteiger partial charge in [0.25, 0.3) is 0 Å². The van der Waals surface area contributed by atoms with Crippen molar-refractivity contribution < 1.29 is 18.0 Å². The molecule has 3 aliphatic rings. The second-order valence-electron chi connectivity index (χ2n) is 7.80. The maximum Gasteiger partial charge on any atom is 0.394 e. The number of nitrogens with zero attached hydrogens (tertiary/aromatic N) is 1. The molecule has 1 aromatic carbocycles. The highest BCUT2D eigenvalue weighted by atomic mass is 19.4. The summed E-state index contributed by atoms with van der Waals surface area (Å²) < 4.78 is 41.9. The number of fused-ring (bicyclic) bond motifs is 1. The van der Waals surface area contributed by atoms with E-state index in [4.69, 9.17) is 5.73 Å². The molecule has 0 spiro atoms. The maximum atomic E-state index is 14.0. The van der Waals surface area contributed by atoms with Gasteiger partial charge in [-0.15, -0.1) is 0 Å². The second kappa shape index (κ2) is 6.23. The van der Waals surface area contributed by atoms with E-state index in [9.17, 15) is 18.0 Å². The number of hydrogen-bond acceptors (Lipinski definition) is 3. The number of primary amides is 1. The summed E-state index contributed by atoms with van der Waals surface area (Å²) in [5, 5.41) is 3.35. The summed E-state index contributed by atoms with van der Waals surface area (Å²) >= 11 is 0. The number of hydrogen-bond donors (Lipinski definition) is 2. The van der Waals surface area contributed by atoms with Gasteiger partial charge >= 0.3 is 6.18 Å². The van der Waals surface area contributed by atoms with E-state index in [1.165, 1.54) is 0 Å². The molecule has 4 rings (SSSR count). The average molecular weight is 367 g/mol. The zero-order chi connectivity index (χ0) is 18.5. The topological polar surface area (TPSA) is 58.4 Å². The van der Waals surface area contributed by atoms with Crippen LogP contribution in [0, 0.1) is 17.8 Å². The van der Waals surface area contributed by atoms with Gasteiger partial charge in [0, 0.05) is 12.6 Å². The van der Waals surface area contributed by atoms with Gasteiger partial charge in [-0.2, -0.15) is 13.2 Å². The summed E-state index contributed by atoms with van der Waals surface area (Å²) in [4.78, 5) is 14.5. The lowest BCUT2D eigenvalue weighted by Gasteiger charge is -2.45. The van der Waals surface area contributed by atoms with E-state index in [2.05, 4.69) is 5.32 Å². The molecule has 5 atom stereocenters. The van der Waals surface area contributed by atoms with Gasteiger partial charge in [-0.25, -0.2) is 0 Å². The highest BCUT2D eigenvalue weighted by Crippen LogP contribution is 2.54. The molecule has 0 aromatic heterocycles. The number of benzene rings is 1. The van der Waals surface area contributed by atoms with Crippen LogP contribution in [0.5, 0.6) is 0 Å². The Morgan fingerprint density at radius 1 is 1.15 bits per heavy atom. The van der Waals surface area contributed by atoms with Crippen LogP contribution in [-0.2, 0) is 10.3 Å². The van der Waals surface area contributed by atoms with Crippen LogP contribution in [0.4, 0.5) is 13.2 Å². The lowest BCUT2D eigenvalue weighted by atomic mass is 9.76. The fourth-order valence-electron chi connectivity index (χ4n) is 5.70. The predicted molar refractivity (Wildman–Crippen MR) is 91.1 cm³/mol. The molecule has 142 valence electrons. The molecule has 4 nitrogen and oxygen atoms in total. The molecular formula is C19H24F3N3O. The van der Waals surface area contributed by atoms with Crippen LogP contribution in [0.15, 0.2) is 30.3 Å². The van der Waals surface area contributed by atoms with E-state index in [1.54, 1.807) is 35.2 Å². The lowest BCUT2D eigenvalue weighted by molar-refractivity contribution is -0.202. The van der Waals surface area contributed by atoms with Crippen LogP contribution in [0.3, 0.4) is 0 Å². The van der Waals surface area contributed by atoms with Crippen LogP contribution in [0.1, 0.15) is 24.8 Å². The van der Waals surface area contributed by atoms with Gasteiger partial charge in [0.15, 0.2) is 0 Å². The molecule has 1 aromatic rings. The molecular weight excluding hydrogens is 343 g/mol. The zero-order valence-corrected chi connectivity index (χ0v) is 14.5. The molecule has 3 fully saturated rings. The van der Waals surface area contributed by atoms with Gasteiger partial charge in [-0.1, -0.05) is 30.3 Å². The first-order valence-electron chi connectivity index (χ1n) is 9.26. The van der Waals surface area contributed by atoms with Crippen molar-refractivity contribution in [3.8, 4) is 0 Å². The normalized spacial score (nSPS) is 37.8. The van der Waals surface area contributed by atoms with Crippen LogP contribution >= 0.6 is 0 Å². The third kappa shape index (κ3) is 2.47. The van der Waals surface area contributed by atoms with Gasteiger partial charge in [0.05, 0.1) is 5.92 Å². The predicted octanol–water partition coefficient (Wildman–Crippen LogP) is 2.25. The number of carbonyl (C=O) groups is 1. The minimum absolute atomic E-state index is 0.0462. The molecule has 4 unspecified atom stereocenters. The highest BCUT2D eigenvalue weighted by molar-refractivity contribution is 5.87. The van der Waals surface area contributed by atoms with E-state index < -0.39 is 23.5 Å². The van der Waals surface area contributed by atoms with Gasteiger partial charge in [0.1, 0.15) is 5.54 Å². The van der Waals surface area contributed by atoms with Crippen LogP contribution in [0.25, 0.3) is 0 Å². The summed E-state index contributed by atoms with van der Waals surface area (Å²) in [5.41, 5.74) is 4.30. The number of nitrogens with one attached hydrogen (secondary N) is 1. The lowest BCUT2D eigenvalue weighted by Crippen LogP contribution is -2.61. The number of likely N-dealkylation sites (tertiary alicyclic amines) is 1. The van der Waals surface area contributed by atoms with Crippen molar-refractivity contribution >= 4 is 5.91 Å². The Morgan fingerprint density at radius 3 is 2.54 bits per heavy atom. The van der Waals surface area contributed by atoms with Crippen molar-refractivity contribution in [1.29, 1.82) is 0 Å². The van der Waals surface area contributed by atoms with Gasteiger partial charge < -0.3 is 11.1 Å². The van der Waals surface area contributed by atoms with Crippen molar-refractivity contribution in [2.75, 3.05) is 19.6 Å². The Labute approximate surface area is 150 Å². The SMILES string of the molecule is NC(=O)[C@]1(c2ccccc2)C(C(F)(F)F)CCN1C1CCC2CNCC21. The second-order valence-corrected chi connectivity index (χ2v) is 7.80. The third-order valence-electron chi connectivity index (χ3n) is 6.72. The standard InChI is InChI=1S/C19H24F3N3O/c20-19(21,22)16-8-9-25(15-7-6-12-10-24-11-14(12)15)18(16,17(23)26)13-4-2-1-3-5-13/h1-5,12,14-16,24H,6-11H2,(H2,23,26)/t12?,14?,15?,16?,18-/m0/s1. The largest absolute Gasteiger partial charge is 0.394 e. The third-order valence-corrected chi connectivity index (χ3v) is 6.72. The molecule has 1 amide bonds. The van der Waals surface area contributed by atoms with E-state index in [0.717, 1.165) is 25.9 Å². The summed E-state index contributed by atoms with van der Waals surface area (Å²) in [6, 6.07) is 8.28. The Hall–Kier alpha value is -1.60. The van der Waals surface area contributed by atoms with Gasteiger partial charge in [-0.3, -0.25) is 9.69 Å². The molecule has 1 aliphatic carbocycles. The van der Waals surface area contributed by atoms with Crippen molar-refractivity contribution in [3.63, 3.8) is 0 Å². The molecule has 1 saturated carbocycles. The van der Waals surface area contributed by atoms with E-state index in [1.807, 2.05) is 0 Å². The Kier molecular flexibility index (Phi) is 4.27. The number of carbonyl (C=O) groups excluding carboxylic acids is 1. The van der Waals surface area contributed by atoms with Crippen molar-refractivity contribution in [1.82, 2.24) is 10.2 Å². The molecule has 0 radical (unpaired) electrons. The first-order chi connectivity index (χ1) is 12.4. The quantitative estimate of drug-likeness (QED) is 0.862. The number of rotatable bonds is 3. The molecule has 7 heteroatoms. The Morgan fingerprint density at radius 2 is 1.88 bits per heavy atom. The summed E-state index contributed by atoms with van der Waals surface area (Å²) in [7, 11) is 0. The number of alkyl halides is 3. The van der Waals surface area contributed by atoms with Crippen LogP contribution < -0.4 is 11.1 Å². The van der Waals surface area contributed by atoms with Crippen molar-refractivity contribution in [3.05, 3.63) is 35.9 Å². The van der Waals surface area contributed by atoms with Crippen LogP contribution in [-0.4, -0.2) is 42.7 Å². The summed E-state index contributed by atoms with van der Waals surface area (Å²) in [5.74, 6) is -1.91. The first-order valence-corrected chi connectivity index (χ1v) is 9.26. The summed E-state index contributed by atoms with van der Waals surface area (Å²) in [6.07, 6.45) is -2.77. The number of nitrogens with two attached hydrogens (primary N) is 1. The highest BCUT2D eigenvalue weighted by Gasteiger charge is 2.66. The van der Waals surface area contributed by atoms with Crippen molar-refractivity contribution in [2.45, 2.75) is 37.0 Å². The first kappa shape index (κ1) is 17.8. The van der Waals surface area contributed by atoms with Crippen molar-refractivity contribution in [2.24, 2.45) is 23.5 Å². The molecule has 3 N–H and O–H groups in total. The summed E-state index contributed by atoms with van der Waals surface area (Å²) in [6.45, 7) is 1.95. The maximum absolute atomic E-state index is 14.0. The molecule has 2 heterocycles. The van der Waals surface area contributed by atoms with Gasteiger partial charge in [0.2, 0.25) is 5.91 Å². The molecule has 26 heavy (non-hydrogen) atoms. The van der Waals surface area contributed by atoms with E-state index >= 15 is 0 Å². The Balaban J connectivity index is 1.84. The Bertz CT molecular complexity index is 680. The van der Waals surface area contributed by atoms with E-state index in [-0.39, 0.29) is 24.9 Å². The van der Waals surface area contributed by atoms with E-state index in [0.29, 0.717) is 11.5 Å². The zero-order valence-electron chi connectivity index (χ0n) is 14.5. The molecule has 0 bridgehead atoms. The monoisotopic (exact) mass is 367 g/mol. The number of halogens is 3. The fraction of sp³-hybridized carbons (Fsp3) is 0.632. The number of amides is 1. The minimum Gasteiger partial charge on any atom is -0.368 e. The van der Waals surface area contributed by atoms with Gasteiger partial charge in [-0.05, 0) is 49.8 Å². The smallest absolute Gasteiger partial charge is 0.368 e. The molecule has 2 aliphatic heterocycles. The minimum atomic E-state index is -4.48. The van der Waals surface area contributed by atoms with Crippen LogP contribution in [0.2, 0.25) is 0 Å². The molecule has 2 saturated heterocycles.